The summed E-state index contributed by atoms with van der Waals surface area (Å²) in [6.07, 6.45) is 3.47. The number of benzene rings is 1. The molecule has 0 bridgehead atoms. The van der Waals surface area contributed by atoms with E-state index in [0.717, 1.165) is 11.6 Å². The standard InChI is InChI=1S/C12H13F2N3/c1-8(15-5-9-6-16-17-7-9)10-2-11(13)4-12(14)3-10/h2-4,6-8,15H,5H2,1H3,(H,16,17). The normalized spacial score (nSPS) is 12.6. The fraction of sp³-hybridized carbons (Fsp3) is 0.250. The fourth-order valence-electron chi connectivity index (χ4n) is 1.59. The lowest BCUT2D eigenvalue weighted by molar-refractivity contribution is 0.545. The van der Waals surface area contributed by atoms with Crippen molar-refractivity contribution in [3.63, 3.8) is 0 Å². The number of hydrogen-bond donors (Lipinski definition) is 2. The number of rotatable bonds is 4. The van der Waals surface area contributed by atoms with Gasteiger partial charge in [0.2, 0.25) is 0 Å². The number of halogens is 2. The number of aromatic nitrogens is 2. The summed E-state index contributed by atoms with van der Waals surface area (Å²) in [5.41, 5.74) is 1.58. The molecule has 3 nitrogen and oxygen atoms in total. The molecule has 0 saturated heterocycles. The van der Waals surface area contributed by atoms with Gasteiger partial charge in [-0.3, -0.25) is 5.10 Å². The van der Waals surface area contributed by atoms with Crippen molar-refractivity contribution in [3.05, 3.63) is 53.4 Å². The molecule has 1 aromatic heterocycles. The fourth-order valence-corrected chi connectivity index (χ4v) is 1.59. The number of H-pyrrole nitrogens is 1. The van der Waals surface area contributed by atoms with Crippen LogP contribution >= 0.6 is 0 Å². The molecule has 0 aliphatic rings. The van der Waals surface area contributed by atoms with Gasteiger partial charge in [-0.1, -0.05) is 0 Å². The highest BCUT2D eigenvalue weighted by atomic mass is 19.1. The Labute approximate surface area is 97.9 Å². The van der Waals surface area contributed by atoms with E-state index in [2.05, 4.69) is 15.5 Å². The van der Waals surface area contributed by atoms with Crippen molar-refractivity contribution >= 4 is 0 Å². The molecule has 90 valence electrons. The average Bonchev–Trinajstić information content (AvgIpc) is 2.77. The molecule has 2 aromatic rings. The molecule has 1 heterocycles. The summed E-state index contributed by atoms with van der Waals surface area (Å²) in [4.78, 5) is 0. The summed E-state index contributed by atoms with van der Waals surface area (Å²) in [7, 11) is 0. The quantitative estimate of drug-likeness (QED) is 0.857. The van der Waals surface area contributed by atoms with Gasteiger partial charge in [0.1, 0.15) is 11.6 Å². The van der Waals surface area contributed by atoms with E-state index in [4.69, 9.17) is 0 Å². The van der Waals surface area contributed by atoms with Crippen LogP contribution in [0.15, 0.2) is 30.6 Å². The Hall–Kier alpha value is -1.75. The highest BCUT2D eigenvalue weighted by Crippen LogP contribution is 2.16. The Morgan fingerprint density at radius 2 is 2.00 bits per heavy atom. The Morgan fingerprint density at radius 1 is 1.29 bits per heavy atom. The van der Waals surface area contributed by atoms with Gasteiger partial charge in [0, 0.05) is 30.4 Å². The van der Waals surface area contributed by atoms with E-state index in [-0.39, 0.29) is 6.04 Å². The minimum absolute atomic E-state index is 0.130. The maximum atomic E-state index is 13.0. The van der Waals surface area contributed by atoms with Crippen molar-refractivity contribution in [2.24, 2.45) is 0 Å². The molecule has 0 radical (unpaired) electrons. The van der Waals surface area contributed by atoms with Gasteiger partial charge in [-0.05, 0) is 24.6 Å². The first-order valence-corrected chi connectivity index (χ1v) is 5.32. The Morgan fingerprint density at radius 3 is 2.59 bits per heavy atom. The molecular formula is C12H13F2N3. The molecule has 0 fully saturated rings. The molecule has 0 aliphatic heterocycles. The van der Waals surface area contributed by atoms with E-state index in [1.807, 2.05) is 6.92 Å². The first kappa shape index (κ1) is 11.7. The van der Waals surface area contributed by atoms with Crippen LogP contribution in [0.5, 0.6) is 0 Å². The second kappa shape index (κ2) is 5.05. The van der Waals surface area contributed by atoms with Gasteiger partial charge in [-0.25, -0.2) is 8.78 Å². The topological polar surface area (TPSA) is 40.7 Å². The zero-order valence-corrected chi connectivity index (χ0v) is 9.37. The van der Waals surface area contributed by atoms with Crippen LogP contribution in [0.2, 0.25) is 0 Å². The molecule has 2 rings (SSSR count). The summed E-state index contributed by atoms with van der Waals surface area (Å²) in [5.74, 6) is -1.12. The van der Waals surface area contributed by atoms with E-state index in [0.29, 0.717) is 12.1 Å². The first-order chi connectivity index (χ1) is 8.15. The van der Waals surface area contributed by atoms with Crippen molar-refractivity contribution in [1.29, 1.82) is 0 Å². The minimum Gasteiger partial charge on any atom is -0.306 e. The summed E-state index contributed by atoms with van der Waals surface area (Å²) in [5, 5.41) is 9.68. The predicted octanol–water partition coefficient (Wildman–Crippen LogP) is 2.54. The molecule has 0 spiro atoms. The van der Waals surface area contributed by atoms with Crippen LogP contribution in [0.1, 0.15) is 24.1 Å². The lowest BCUT2D eigenvalue weighted by Crippen LogP contribution is -2.18. The lowest BCUT2D eigenvalue weighted by Gasteiger charge is -2.13. The van der Waals surface area contributed by atoms with Crippen LogP contribution in [-0.4, -0.2) is 10.2 Å². The van der Waals surface area contributed by atoms with Gasteiger partial charge in [0.05, 0.1) is 6.20 Å². The summed E-state index contributed by atoms with van der Waals surface area (Å²) in [6.45, 7) is 2.45. The van der Waals surface area contributed by atoms with Gasteiger partial charge in [0.25, 0.3) is 0 Å². The molecule has 17 heavy (non-hydrogen) atoms. The zero-order chi connectivity index (χ0) is 12.3. The van der Waals surface area contributed by atoms with Gasteiger partial charge in [-0.2, -0.15) is 5.10 Å². The van der Waals surface area contributed by atoms with Crippen LogP contribution in [0.4, 0.5) is 8.78 Å². The molecule has 1 unspecified atom stereocenters. The van der Waals surface area contributed by atoms with E-state index >= 15 is 0 Å². The molecule has 0 amide bonds. The van der Waals surface area contributed by atoms with Crippen molar-refractivity contribution in [2.75, 3.05) is 0 Å². The SMILES string of the molecule is CC(NCc1cn[nH]c1)c1cc(F)cc(F)c1. The lowest BCUT2D eigenvalue weighted by atomic mass is 10.1. The third-order valence-corrected chi connectivity index (χ3v) is 2.55. The maximum absolute atomic E-state index is 13.0. The summed E-state index contributed by atoms with van der Waals surface area (Å²) >= 11 is 0. The predicted molar refractivity (Wildman–Crippen MR) is 60.2 cm³/mol. The van der Waals surface area contributed by atoms with Crippen LogP contribution in [0.25, 0.3) is 0 Å². The van der Waals surface area contributed by atoms with E-state index in [9.17, 15) is 8.78 Å². The van der Waals surface area contributed by atoms with E-state index < -0.39 is 11.6 Å². The van der Waals surface area contributed by atoms with Crippen LogP contribution in [0, 0.1) is 11.6 Å². The molecule has 5 heteroatoms. The number of aromatic amines is 1. The van der Waals surface area contributed by atoms with Gasteiger partial charge in [0.15, 0.2) is 0 Å². The number of nitrogens with zero attached hydrogens (tertiary/aromatic N) is 1. The molecular weight excluding hydrogens is 224 g/mol. The number of hydrogen-bond acceptors (Lipinski definition) is 2. The van der Waals surface area contributed by atoms with Crippen molar-refractivity contribution < 1.29 is 8.78 Å². The van der Waals surface area contributed by atoms with Gasteiger partial charge >= 0.3 is 0 Å². The van der Waals surface area contributed by atoms with Crippen molar-refractivity contribution in [1.82, 2.24) is 15.5 Å². The zero-order valence-electron chi connectivity index (χ0n) is 9.37. The molecule has 1 atom stereocenters. The monoisotopic (exact) mass is 237 g/mol. The molecule has 0 aliphatic carbocycles. The summed E-state index contributed by atoms with van der Waals surface area (Å²) in [6, 6.07) is 3.40. The Kier molecular flexibility index (Phi) is 3.49. The maximum Gasteiger partial charge on any atom is 0.126 e. The van der Waals surface area contributed by atoms with Crippen molar-refractivity contribution in [2.45, 2.75) is 19.5 Å². The molecule has 1 aromatic carbocycles. The number of nitrogens with one attached hydrogen (secondary N) is 2. The minimum atomic E-state index is -0.558. The molecule has 2 N–H and O–H groups in total. The summed E-state index contributed by atoms with van der Waals surface area (Å²) < 4.78 is 26.0. The smallest absolute Gasteiger partial charge is 0.126 e. The van der Waals surface area contributed by atoms with Crippen LogP contribution < -0.4 is 5.32 Å². The highest BCUT2D eigenvalue weighted by molar-refractivity contribution is 5.21. The second-order valence-corrected chi connectivity index (χ2v) is 3.91. The highest BCUT2D eigenvalue weighted by Gasteiger charge is 2.08. The van der Waals surface area contributed by atoms with Gasteiger partial charge < -0.3 is 5.32 Å². The Bertz CT molecular complexity index is 462. The van der Waals surface area contributed by atoms with Crippen LogP contribution in [0.3, 0.4) is 0 Å². The van der Waals surface area contributed by atoms with Crippen LogP contribution in [-0.2, 0) is 6.54 Å². The Balaban J connectivity index is 2.01. The molecule has 0 saturated carbocycles. The largest absolute Gasteiger partial charge is 0.306 e. The first-order valence-electron chi connectivity index (χ1n) is 5.32. The third kappa shape index (κ3) is 3.10. The second-order valence-electron chi connectivity index (χ2n) is 3.91. The van der Waals surface area contributed by atoms with Gasteiger partial charge in [-0.15, -0.1) is 0 Å². The average molecular weight is 237 g/mol. The van der Waals surface area contributed by atoms with E-state index in [1.165, 1.54) is 12.1 Å². The third-order valence-electron chi connectivity index (χ3n) is 2.55. The van der Waals surface area contributed by atoms with E-state index in [1.54, 1.807) is 12.4 Å². The van der Waals surface area contributed by atoms with Crippen molar-refractivity contribution in [3.8, 4) is 0 Å².